The van der Waals surface area contributed by atoms with Crippen molar-refractivity contribution in [3.63, 3.8) is 0 Å². The normalized spacial score (nSPS) is 17.3. The van der Waals surface area contributed by atoms with E-state index in [1.807, 2.05) is 18.2 Å². The number of rotatable bonds is 11. The number of nitrogens with one attached hydrogen (secondary N) is 1. The van der Waals surface area contributed by atoms with Crippen LogP contribution in [0, 0.1) is 0 Å². The lowest BCUT2D eigenvalue weighted by atomic mass is 10.0. The van der Waals surface area contributed by atoms with E-state index in [4.69, 9.17) is 0 Å². The zero-order valence-electron chi connectivity index (χ0n) is 17.2. The molecule has 0 saturated carbocycles. The van der Waals surface area contributed by atoms with Crippen molar-refractivity contribution in [2.45, 2.75) is 64.0 Å². The van der Waals surface area contributed by atoms with Gasteiger partial charge >= 0.3 is 6.03 Å². The van der Waals surface area contributed by atoms with Gasteiger partial charge in [-0.15, -0.1) is 11.3 Å². The quantitative estimate of drug-likeness (QED) is 0.311. The summed E-state index contributed by atoms with van der Waals surface area (Å²) in [5.41, 5.74) is 1.47. The fourth-order valence-corrected chi connectivity index (χ4v) is 4.61. The number of carbonyl (C=O) groups is 3. The molecule has 2 atom stereocenters. The molecule has 6 nitrogen and oxygen atoms in total. The number of thiophene rings is 1. The molecular weight excluding hydrogens is 400 g/mol. The number of aryl methyl sites for hydroxylation is 1. The molecule has 30 heavy (non-hydrogen) atoms. The number of aldehydes is 1. The van der Waals surface area contributed by atoms with Crippen LogP contribution in [0.1, 0.15) is 71.7 Å². The molecule has 1 aliphatic heterocycles. The fourth-order valence-electron chi connectivity index (χ4n) is 3.74. The van der Waals surface area contributed by atoms with Crippen LogP contribution in [0.4, 0.5) is 10.5 Å². The van der Waals surface area contributed by atoms with Crippen molar-refractivity contribution in [1.29, 1.82) is 0 Å². The Morgan fingerprint density at radius 3 is 2.57 bits per heavy atom. The minimum Gasteiger partial charge on any atom is -0.388 e. The Morgan fingerprint density at radius 1 is 1.13 bits per heavy atom. The van der Waals surface area contributed by atoms with Crippen LogP contribution in [0.15, 0.2) is 36.4 Å². The Hall–Kier alpha value is -2.51. The van der Waals surface area contributed by atoms with Gasteiger partial charge in [0.25, 0.3) is 5.91 Å². The van der Waals surface area contributed by atoms with Gasteiger partial charge in [-0.3, -0.25) is 19.8 Å². The van der Waals surface area contributed by atoms with Gasteiger partial charge in [0.05, 0.1) is 11.0 Å². The van der Waals surface area contributed by atoms with E-state index in [-0.39, 0.29) is 5.91 Å². The molecule has 1 aliphatic rings. The molecule has 160 valence electrons. The molecule has 0 aliphatic carbocycles. The van der Waals surface area contributed by atoms with Crippen LogP contribution in [0.2, 0.25) is 0 Å². The standard InChI is InChI=1S/C23H28N2O4S/c1-2-3-4-8-21(27)16-9-11-17(12-10-16)25-20(22(28)24-23(25)29)7-5-6-18-13-14-19(15-26)30-18/h9-15,20-21,27H,2-8H2,1H3,(H,24,28,29)/t20-,21?/m0/s1. The minimum absolute atomic E-state index is 0.288. The van der Waals surface area contributed by atoms with Crippen LogP contribution in [-0.2, 0) is 11.2 Å². The van der Waals surface area contributed by atoms with Crippen LogP contribution in [0.3, 0.4) is 0 Å². The number of imide groups is 1. The smallest absolute Gasteiger partial charge is 0.329 e. The first-order valence-electron chi connectivity index (χ1n) is 10.5. The molecule has 0 bridgehead atoms. The van der Waals surface area contributed by atoms with Gasteiger partial charge in [-0.2, -0.15) is 0 Å². The largest absolute Gasteiger partial charge is 0.388 e. The summed E-state index contributed by atoms with van der Waals surface area (Å²) >= 11 is 1.45. The number of carbonyl (C=O) groups excluding carboxylic acids is 3. The Morgan fingerprint density at radius 2 is 1.90 bits per heavy atom. The third kappa shape index (κ3) is 5.34. The number of hydrogen-bond acceptors (Lipinski definition) is 5. The molecule has 1 fully saturated rings. The van der Waals surface area contributed by atoms with Gasteiger partial charge in [0.2, 0.25) is 0 Å². The van der Waals surface area contributed by atoms with E-state index in [1.165, 1.54) is 16.2 Å². The predicted octanol–water partition coefficient (Wildman–Crippen LogP) is 4.62. The molecule has 1 saturated heterocycles. The van der Waals surface area contributed by atoms with Crippen molar-refractivity contribution < 1.29 is 19.5 Å². The third-order valence-electron chi connectivity index (χ3n) is 5.40. The number of benzene rings is 1. The van der Waals surface area contributed by atoms with Gasteiger partial charge < -0.3 is 5.11 Å². The lowest BCUT2D eigenvalue weighted by Crippen LogP contribution is -2.35. The summed E-state index contributed by atoms with van der Waals surface area (Å²) in [7, 11) is 0. The fraction of sp³-hybridized carbons (Fsp3) is 0.435. The van der Waals surface area contributed by atoms with E-state index in [1.54, 1.807) is 18.2 Å². The Bertz CT molecular complexity index is 878. The van der Waals surface area contributed by atoms with Crippen molar-refractivity contribution in [2.24, 2.45) is 0 Å². The average Bonchev–Trinajstić information content (AvgIpc) is 3.32. The first kappa shape index (κ1) is 22.2. The molecule has 1 aromatic carbocycles. The van der Waals surface area contributed by atoms with Crippen molar-refractivity contribution in [3.05, 3.63) is 51.7 Å². The summed E-state index contributed by atoms with van der Waals surface area (Å²) in [5, 5.41) is 12.7. The lowest BCUT2D eigenvalue weighted by molar-refractivity contribution is -0.120. The van der Waals surface area contributed by atoms with Crippen molar-refractivity contribution >= 4 is 35.2 Å². The molecule has 7 heteroatoms. The number of unbranched alkanes of at least 4 members (excludes halogenated alkanes) is 2. The van der Waals surface area contributed by atoms with Gasteiger partial charge in [-0.1, -0.05) is 38.3 Å². The summed E-state index contributed by atoms with van der Waals surface area (Å²) in [6, 6.07) is 9.99. The summed E-state index contributed by atoms with van der Waals surface area (Å²) in [6.45, 7) is 2.13. The Kier molecular flexibility index (Phi) is 7.76. The molecule has 2 N–H and O–H groups in total. The Labute approximate surface area is 180 Å². The molecule has 2 aromatic rings. The summed E-state index contributed by atoms with van der Waals surface area (Å²) < 4.78 is 0. The van der Waals surface area contributed by atoms with E-state index in [0.717, 1.165) is 48.8 Å². The van der Waals surface area contributed by atoms with Gasteiger partial charge in [-0.25, -0.2) is 4.79 Å². The molecule has 2 heterocycles. The highest BCUT2D eigenvalue weighted by atomic mass is 32.1. The van der Waals surface area contributed by atoms with Crippen molar-refractivity contribution in [1.82, 2.24) is 5.32 Å². The molecule has 1 aromatic heterocycles. The molecular formula is C23H28N2O4S. The van der Waals surface area contributed by atoms with Gasteiger partial charge in [0.15, 0.2) is 6.29 Å². The second-order valence-corrected chi connectivity index (χ2v) is 8.80. The number of nitrogens with zero attached hydrogens (tertiary/aromatic N) is 1. The number of hydrogen-bond donors (Lipinski definition) is 2. The van der Waals surface area contributed by atoms with Crippen molar-refractivity contribution in [3.8, 4) is 0 Å². The number of aliphatic hydroxyl groups is 1. The van der Waals surface area contributed by atoms with Gasteiger partial charge in [0.1, 0.15) is 6.04 Å². The SMILES string of the molecule is CCCCCC(O)c1ccc(N2C(=O)NC(=O)[C@@H]2CCCc2ccc(C=O)s2)cc1. The molecule has 0 spiro atoms. The first-order chi connectivity index (χ1) is 14.5. The van der Waals surface area contributed by atoms with Crippen LogP contribution in [0.25, 0.3) is 0 Å². The highest BCUT2D eigenvalue weighted by Gasteiger charge is 2.38. The van der Waals surface area contributed by atoms with Crippen molar-refractivity contribution in [2.75, 3.05) is 4.90 Å². The van der Waals surface area contributed by atoms with Crippen LogP contribution < -0.4 is 10.2 Å². The molecule has 1 unspecified atom stereocenters. The van der Waals surface area contributed by atoms with E-state index >= 15 is 0 Å². The van der Waals surface area contributed by atoms with E-state index in [0.29, 0.717) is 23.4 Å². The average molecular weight is 429 g/mol. The first-order valence-corrected chi connectivity index (χ1v) is 11.3. The zero-order valence-corrected chi connectivity index (χ0v) is 18.0. The van der Waals surface area contributed by atoms with E-state index < -0.39 is 18.2 Å². The summed E-state index contributed by atoms with van der Waals surface area (Å²) in [5.74, 6) is -0.288. The van der Waals surface area contributed by atoms with E-state index in [9.17, 15) is 19.5 Å². The third-order valence-corrected chi connectivity index (χ3v) is 6.47. The molecule has 0 radical (unpaired) electrons. The molecule has 3 rings (SSSR count). The van der Waals surface area contributed by atoms with E-state index in [2.05, 4.69) is 12.2 Å². The van der Waals surface area contributed by atoms with Gasteiger partial charge in [-0.05, 0) is 55.5 Å². The minimum atomic E-state index is -0.552. The second kappa shape index (κ2) is 10.5. The summed E-state index contributed by atoms with van der Waals surface area (Å²) in [4.78, 5) is 38.8. The highest BCUT2D eigenvalue weighted by Crippen LogP contribution is 2.28. The number of amides is 3. The van der Waals surface area contributed by atoms with Gasteiger partial charge in [0, 0.05) is 10.6 Å². The zero-order chi connectivity index (χ0) is 21.5. The highest BCUT2D eigenvalue weighted by molar-refractivity contribution is 7.13. The van der Waals surface area contributed by atoms with Crippen LogP contribution >= 0.6 is 11.3 Å². The maximum absolute atomic E-state index is 12.4. The number of anilines is 1. The second-order valence-electron chi connectivity index (χ2n) is 7.60. The summed E-state index contributed by atoms with van der Waals surface area (Å²) in [6.07, 6.45) is 6.23. The maximum Gasteiger partial charge on any atom is 0.329 e. The van der Waals surface area contributed by atoms with Crippen LogP contribution in [0.5, 0.6) is 0 Å². The number of urea groups is 1. The monoisotopic (exact) mass is 428 g/mol. The maximum atomic E-state index is 12.4. The lowest BCUT2D eigenvalue weighted by Gasteiger charge is -2.22. The van der Waals surface area contributed by atoms with Crippen LogP contribution in [-0.4, -0.2) is 29.4 Å². The number of aliphatic hydroxyl groups excluding tert-OH is 1. The topological polar surface area (TPSA) is 86.7 Å². The Balaban J connectivity index is 1.62. The predicted molar refractivity (Wildman–Crippen MR) is 118 cm³/mol. The molecule has 3 amide bonds.